The molecule has 0 spiro atoms. The van der Waals surface area contributed by atoms with E-state index < -0.39 is 23.9 Å². The molecule has 3 N–H and O–H groups in total. The van der Waals surface area contributed by atoms with Crippen LogP contribution in [0.5, 0.6) is 0 Å². The first-order valence-corrected chi connectivity index (χ1v) is 5.93. The minimum absolute atomic E-state index is 0.0993. The van der Waals surface area contributed by atoms with Gasteiger partial charge in [0.2, 0.25) is 0 Å². The molecule has 0 bridgehead atoms. The zero-order valence-corrected chi connectivity index (χ0v) is 10.5. The van der Waals surface area contributed by atoms with Crippen molar-refractivity contribution in [3.8, 4) is 0 Å². The van der Waals surface area contributed by atoms with E-state index in [4.69, 9.17) is 0 Å². The van der Waals surface area contributed by atoms with E-state index in [0.29, 0.717) is 5.56 Å². The van der Waals surface area contributed by atoms with Crippen molar-refractivity contribution in [1.29, 1.82) is 0 Å². The number of carbonyl (C=O) groups excluding carboxylic acids is 2. The van der Waals surface area contributed by atoms with E-state index >= 15 is 0 Å². The van der Waals surface area contributed by atoms with Gasteiger partial charge in [0.05, 0.1) is 13.0 Å². The van der Waals surface area contributed by atoms with E-state index in [-0.39, 0.29) is 18.7 Å². The monoisotopic (exact) mass is 269 g/mol. The molecule has 0 fully saturated rings. The molecular formula is C13H16FNO4. The predicted molar refractivity (Wildman–Crippen MR) is 62.6 cm³/mol. The third-order valence-electron chi connectivity index (χ3n) is 2.75. The van der Waals surface area contributed by atoms with Gasteiger partial charge in [-0.1, -0.05) is 0 Å². The number of aliphatic hydroxyl groups is 1. The van der Waals surface area contributed by atoms with Crippen LogP contribution in [0.4, 0.5) is 4.39 Å². The van der Waals surface area contributed by atoms with Crippen LogP contribution < -0.4 is 10.4 Å². The van der Waals surface area contributed by atoms with Crippen LogP contribution >= 0.6 is 0 Å². The van der Waals surface area contributed by atoms with Crippen molar-refractivity contribution >= 4 is 11.8 Å². The number of rotatable bonds is 7. The van der Waals surface area contributed by atoms with Crippen molar-refractivity contribution in [3.05, 3.63) is 35.6 Å². The van der Waals surface area contributed by atoms with Crippen molar-refractivity contribution in [2.75, 3.05) is 6.54 Å². The lowest BCUT2D eigenvalue weighted by molar-refractivity contribution is -0.688. The number of carboxylic acid groups (broad SMARTS) is 1. The summed E-state index contributed by atoms with van der Waals surface area (Å²) in [6.45, 7) is 1.55. The number of carboxylic acids is 1. The van der Waals surface area contributed by atoms with E-state index in [1.807, 2.05) is 0 Å². The van der Waals surface area contributed by atoms with Crippen molar-refractivity contribution < 1.29 is 29.5 Å². The summed E-state index contributed by atoms with van der Waals surface area (Å²) >= 11 is 0. The summed E-state index contributed by atoms with van der Waals surface area (Å²) in [6.07, 6.45) is -0.965. The van der Waals surface area contributed by atoms with Crippen molar-refractivity contribution in [2.45, 2.75) is 25.5 Å². The average Bonchev–Trinajstić information content (AvgIpc) is 2.34. The van der Waals surface area contributed by atoms with Crippen LogP contribution in [0.3, 0.4) is 0 Å². The van der Waals surface area contributed by atoms with E-state index in [9.17, 15) is 24.2 Å². The fourth-order valence-electron chi connectivity index (χ4n) is 1.66. The van der Waals surface area contributed by atoms with Gasteiger partial charge in [-0.3, -0.25) is 4.79 Å². The van der Waals surface area contributed by atoms with Gasteiger partial charge in [-0.2, -0.15) is 0 Å². The molecule has 0 heterocycles. The van der Waals surface area contributed by atoms with Gasteiger partial charge in [0.15, 0.2) is 11.8 Å². The second-order valence-corrected chi connectivity index (χ2v) is 4.29. The lowest BCUT2D eigenvalue weighted by atomic mass is 10.1. The SMILES string of the molecule is CC(O)C([NH2+]CCC(=O)c1ccc(F)cc1)C(=O)[O-]. The summed E-state index contributed by atoms with van der Waals surface area (Å²) in [4.78, 5) is 22.4. The molecule has 0 aliphatic heterocycles. The van der Waals surface area contributed by atoms with Gasteiger partial charge in [-0.25, -0.2) is 4.39 Å². The van der Waals surface area contributed by atoms with E-state index in [2.05, 4.69) is 0 Å². The van der Waals surface area contributed by atoms with Crippen molar-refractivity contribution in [2.24, 2.45) is 0 Å². The predicted octanol–water partition coefficient (Wildman–Crippen LogP) is -1.54. The van der Waals surface area contributed by atoms with Crippen LogP contribution in [-0.4, -0.2) is 35.5 Å². The third kappa shape index (κ3) is 4.76. The topological polar surface area (TPSA) is 94.0 Å². The van der Waals surface area contributed by atoms with Crippen molar-refractivity contribution in [3.63, 3.8) is 0 Å². The molecule has 5 nitrogen and oxygen atoms in total. The maximum atomic E-state index is 12.7. The van der Waals surface area contributed by atoms with Crippen LogP contribution in [0.15, 0.2) is 24.3 Å². The summed E-state index contributed by atoms with van der Waals surface area (Å²) in [5.74, 6) is -2.00. The highest BCUT2D eigenvalue weighted by atomic mass is 19.1. The molecule has 1 aromatic rings. The lowest BCUT2D eigenvalue weighted by Gasteiger charge is -2.18. The molecule has 0 radical (unpaired) electrons. The van der Waals surface area contributed by atoms with Crippen LogP contribution in [0, 0.1) is 5.82 Å². The minimum Gasteiger partial charge on any atom is -0.544 e. The van der Waals surface area contributed by atoms with Crippen LogP contribution in [0.2, 0.25) is 0 Å². The van der Waals surface area contributed by atoms with Crippen molar-refractivity contribution in [1.82, 2.24) is 0 Å². The number of Topliss-reactive ketones (excluding diaryl/α,β-unsaturated/α-hetero) is 1. The van der Waals surface area contributed by atoms with Gasteiger partial charge in [0.25, 0.3) is 0 Å². The first-order chi connectivity index (χ1) is 8.91. The number of aliphatic carboxylic acids is 1. The first-order valence-electron chi connectivity index (χ1n) is 5.93. The molecule has 0 aliphatic rings. The number of halogens is 1. The molecule has 0 amide bonds. The highest BCUT2D eigenvalue weighted by molar-refractivity contribution is 5.96. The molecule has 2 atom stereocenters. The molecular weight excluding hydrogens is 253 g/mol. The standard InChI is InChI=1S/C13H16FNO4/c1-8(16)12(13(18)19)15-7-6-11(17)9-2-4-10(14)5-3-9/h2-5,8,12,15-16H,6-7H2,1H3,(H,18,19). The summed E-state index contributed by atoms with van der Waals surface area (Å²) < 4.78 is 12.7. The quantitative estimate of drug-likeness (QED) is 0.587. The second kappa shape index (κ2) is 6.96. The Hall–Kier alpha value is -1.79. The Morgan fingerprint density at radius 2 is 1.95 bits per heavy atom. The lowest BCUT2D eigenvalue weighted by Crippen LogP contribution is -2.95. The Morgan fingerprint density at radius 3 is 2.42 bits per heavy atom. The smallest absolute Gasteiger partial charge is 0.168 e. The third-order valence-corrected chi connectivity index (χ3v) is 2.75. The van der Waals surface area contributed by atoms with Gasteiger partial charge >= 0.3 is 0 Å². The molecule has 104 valence electrons. The maximum Gasteiger partial charge on any atom is 0.168 e. The fraction of sp³-hybridized carbons (Fsp3) is 0.385. The summed E-state index contributed by atoms with van der Waals surface area (Å²) in [7, 11) is 0. The van der Waals surface area contributed by atoms with Gasteiger partial charge in [-0.05, 0) is 31.2 Å². The fourth-order valence-corrected chi connectivity index (χ4v) is 1.66. The zero-order valence-electron chi connectivity index (χ0n) is 10.5. The number of carbonyl (C=O) groups is 2. The molecule has 0 aromatic heterocycles. The van der Waals surface area contributed by atoms with Crippen LogP contribution in [0.1, 0.15) is 23.7 Å². The molecule has 0 aliphatic carbocycles. The molecule has 0 saturated heterocycles. The molecule has 0 saturated carbocycles. The number of hydrogen-bond acceptors (Lipinski definition) is 4. The molecule has 1 aromatic carbocycles. The molecule has 6 heteroatoms. The molecule has 19 heavy (non-hydrogen) atoms. The molecule has 1 rings (SSSR count). The highest BCUT2D eigenvalue weighted by Crippen LogP contribution is 2.04. The normalized spacial score (nSPS) is 13.8. The summed E-state index contributed by atoms with van der Waals surface area (Å²) in [6, 6.07) is 4.04. The minimum atomic E-state index is -1.37. The van der Waals surface area contributed by atoms with E-state index in [1.165, 1.54) is 36.5 Å². The number of hydrogen-bond donors (Lipinski definition) is 2. The van der Waals surface area contributed by atoms with Crippen LogP contribution in [-0.2, 0) is 4.79 Å². The Morgan fingerprint density at radius 1 is 1.37 bits per heavy atom. The van der Waals surface area contributed by atoms with Gasteiger partial charge in [0, 0.05) is 5.56 Å². The zero-order chi connectivity index (χ0) is 14.4. The number of nitrogens with two attached hydrogens (primary N) is 1. The van der Waals surface area contributed by atoms with Crippen LogP contribution in [0.25, 0.3) is 0 Å². The number of ketones is 1. The largest absolute Gasteiger partial charge is 0.544 e. The second-order valence-electron chi connectivity index (χ2n) is 4.29. The first kappa shape index (κ1) is 15.3. The van der Waals surface area contributed by atoms with Gasteiger partial charge < -0.3 is 20.3 Å². The Labute approximate surface area is 110 Å². The summed E-state index contributed by atoms with van der Waals surface area (Å²) in [5.41, 5.74) is 0.372. The number of quaternary nitrogens is 1. The average molecular weight is 269 g/mol. The van der Waals surface area contributed by atoms with E-state index in [0.717, 1.165) is 0 Å². The Bertz CT molecular complexity index is 444. The number of benzene rings is 1. The Kier molecular flexibility index (Phi) is 5.59. The summed E-state index contributed by atoms with van der Waals surface area (Å²) in [5, 5.41) is 21.3. The number of aliphatic hydroxyl groups excluding tert-OH is 1. The molecule has 2 unspecified atom stereocenters. The Balaban J connectivity index is 2.46. The van der Waals surface area contributed by atoms with E-state index in [1.54, 1.807) is 0 Å². The maximum absolute atomic E-state index is 12.7. The van der Waals surface area contributed by atoms with Gasteiger partial charge in [-0.15, -0.1) is 0 Å². The van der Waals surface area contributed by atoms with Gasteiger partial charge in [0.1, 0.15) is 17.9 Å². The highest BCUT2D eigenvalue weighted by Gasteiger charge is 2.19.